The summed E-state index contributed by atoms with van der Waals surface area (Å²) in [5, 5.41) is 15.6. The lowest BCUT2D eigenvalue weighted by Crippen LogP contribution is -2.30. The predicted molar refractivity (Wildman–Crippen MR) is 131 cm³/mol. The molecule has 1 saturated heterocycles. The van der Waals surface area contributed by atoms with Crippen molar-refractivity contribution in [1.29, 1.82) is 0 Å². The van der Waals surface area contributed by atoms with Crippen LogP contribution in [-0.4, -0.2) is 32.3 Å². The number of hydrogen-bond donors (Lipinski definition) is 1. The van der Waals surface area contributed by atoms with E-state index in [1.165, 1.54) is 5.06 Å². The van der Waals surface area contributed by atoms with Crippen LogP contribution in [0.2, 0.25) is 15.1 Å². The van der Waals surface area contributed by atoms with Gasteiger partial charge in [0.2, 0.25) is 5.82 Å². The Balaban J connectivity index is 0.000000213. The van der Waals surface area contributed by atoms with E-state index < -0.39 is 33.6 Å². The van der Waals surface area contributed by atoms with Crippen LogP contribution in [0.15, 0.2) is 42.6 Å². The van der Waals surface area contributed by atoms with E-state index in [1.807, 2.05) is 38.1 Å². The Labute approximate surface area is 223 Å². The molecule has 0 spiro atoms. The highest BCUT2D eigenvalue weighted by atomic mass is 35.5. The van der Waals surface area contributed by atoms with Crippen LogP contribution >= 0.6 is 34.8 Å². The molecule has 0 aliphatic carbocycles. The van der Waals surface area contributed by atoms with Gasteiger partial charge in [0, 0.05) is 5.02 Å². The number of nitrogen functional groups attached to an aromatic ring is 1. The maximum atomic E-state index is 12.6. The zero-order chi connectivity index (χ0) is 27.7. The number of carbonyl (C=O) groups is 1. The Bertz CT molecular complexity index is 1320. The summed E-state index contributed by atoms with van der Waals surface area (Å²) in [6, 6.07) is 8.73. The van der Waals surface area contributed by atoms with Gasteiger partial charge in [0.1, 0.15) is 11.9 Å². The lowest BCUT2D eigenvalue weighted by molar-refractivity contribution is -0.383. The number of amides is 1. The molecule has 15 heteroatoms. The summed E-state index contributed by atoms with van der Waals surface area (Å²) < 4.78 is 38.7. The first-order valence-corrected chi connectivity index (χ1v) is 11.5. The van der Waals surface area contributed by atoms with Crippen LogP contribution in [0.25, 0.3) is 5.69 Å². The third-order valence-corrected chi connectivity index (χ3v) is 6.14. The normalized spacial score (nSPS) is 14.9. The minimum Gasteiger partial charge on any atom is -0.378 e. The van der Waals surface area contributed by atoms with Crippen LogP contribution in [0.3, 0.4) is 0 Å². The van der Waals surface area contributed by atoms with Crippen LogP contribution in [0.5, 0.6) is 0 Å². The third-order valence-electron chi connectivity index (χ3n) is 5.20. The SMILES string of the molecule is CC1(C)CON(Cc2ccccc2Cl)C1=O.Nc1c([N+](=O)[O-])cnn1-c1c(Cl)cc(C(F)(F)F)cc1Cl. The van der Waals surface area contributed by atoms with Crippen molar-refractivity contribution in [3.8, 4) is 5.69 Å². The largest absolute Gasteiger partial charge is 0.416 e. The Kier molecular flexibility index (Phi) is 8.27. The molecule has 1 aliphatic rings. The zero-order valence-corrected chi connectivity index (χ0v) is 21.5. The van der Waals surface area contributed by atoms with Crippen molar-refractivity contribution in [3.63, 3.8) is 0 Å². The van der Waals surface area contributed by atoms with E-state index in [0.29, 0.717) is 30.3 Å². The number of anilines is 1. The topological polar surface area (TPSA) is 117 Å². The number of alkyl halides is 3. The molecule has 9 nitrogen and oxygen atoms in total. The highest BCUT2D eigenvalue weighted by Crippen LogP contribution is 2.39. The van der Waals surface area contributed by atoms with Gasteiger partial charge in [-0.15, -0.1) is 0 Å². The van der Waals surface area contributed by atoms with Crippen LogP contribution in [-0.2, 0) is 22.4 Å². The number of nitro groups is 1. The first-order chi connectivity index (χ1) is 17.1. The molecule has 2 heterocycles. The first-order valence-electron chi connectivity index (χ1n) is 10.4. The van der Waals surface area contributed by atoms with E-state index in [2.05, 4.69) is 5.10 Å². The fraction of sp³-hybridized carbons (Fsp3) is 0.273. The number of hydroxylamine groups is 2. The Morgan fingerprint density at radius 3 is 2.22 bits per heavy atom. The molecule has 1 aromatic heterocycles. The molecule has 4 rings (SSSR count). The second-order valence-corrected chi connectivity index (χ2v) is 9.68. The predicted octanol–water partition coefficient (Wildman–Crippen LogP) is 6.33. The van der Waals surface area contributed by atoms with E-state index in [-0.39, 0.29) is 21.6 Å². The van der Waals surface area contributed by atoms with Gasteiger partial charge in [0.05, 0.1) is 39.1 Å². The number of nitrogens with zero attached hydrogens (tertiary/aromatic N) is 4. The summed E-state index contributed by atoms with van der Waals surface area (Å²) in [6.45, 7) is 4.59. The van der Waals surface area contributed by atoms with Crippen molar-refractivity contribution < 1.29 is 27.7 Å². The van der Waals surface area contributed by atoms with E-state index in [0.717, 1.165) is 16.4 Å². The van der Waals surface area contributed by atoms with Crippen molar-refractivity contribution in [1.82, 2.24) is 14.8 Å². The van der Waals surface area contributed by atoms with Crippen LogP contribution in [0.4, 0.5) is 24.7 Å². The van der Waals surface area contributed by atoms with Crippen LogP contribution in [0, 0.1) is 15.5 Å². The number of hydrogen-bond acceptors (Lipinski definition) is 6. The van der Waals surface area contributed by atoms with Crippen molar-refractivity contribution >= 4 is 52.2 Å². The first kappa shape index (κ1) is 28.5. The fourth-order valence-electron chi connectivity index (χ4n) is 3.20. The van der Waals surface area contributed by atoms with E-state index >= 15 is 0 Å². The van der Waals surface area contributed by atoms with Crippen molar-refractivity contribution in [2.75, 3.05) is 12.3 Å². The number of benzene rings is 2. The maximum absolute atomic E-state index is 12.6. The number of aromatic nitrogens is 2. The monoisotopic (exact) mass is 579 g/mol. The molecule has 1 amide bonds. The van der Waals surface area contributed by atoms with Gasteiger partial charge in [-0.1, -0.05) is 53.0 Å². The second-order valence-electron chi connectivity index (χ2n) is 8.46. The summed E-state index contributed by atoms with van der Waals surface area (Å²) in [4.78, 5) is 27.2. The minimum atomic E-state index is -4.63. The lowest BCUT2D eigenvalue weighted by atomic mass is 9.95. The summed E-state index contributed by atoms with van der Waals surface area (Å²) in [6.07, 6.45) is -3.78. The molecule has 0 atom stereocenters. The molecule has 2 N–H and O–H groups in total. The number of halogens is 6. The van der Waals surface area contributed by atoms with Crippen LogP contribution < -0.4 is 5.73 Å². The molecule has 0 bridgehead atoms. The highest BCUT2D eigenvalue weighted by molar-refractivity contribution is 6.38. The summed E-state index contributed by atoms with van der Waals surface area (Å²) in [7, 11) is 0. The maximum Gasteiger partial charge on any atom is 0.416 e. The number of nitrogens with two attached hydrogens (primary N) is 1. The quantitative estimate of drug-likeness (QED) is 0.285. The van der Waals surface area contributed by atoms with Gasteiger partial charge in [0.15, 0.2) is 0 Å². The van der Waals surface area contributed by atoms with Gasteiger partial charge >= 0.3 is 11.9 Å². The molecular formula is C22H19Cl3F3N5O4. The smallest absolute Gasteiger partial charge is 0.378 e. The molecular weight excluding hydrogens is 562 g/mol. The van der Waals surface area contributed by atoms with Gasteiger partial charge in [-0.3, -0.25) is 19.7 Å². The Morgan fingerprint density at radius 2 is 1.76 bits per heavy atom. The molecule has 1 aliphatic heterocycles. The summed E-state index contributed by atoms with van der Waals surface area (Å²) in [5.41, 5.74) is 4.25. The van der Waals surface area contributed by atoms with Gasteiger partial charge in [-0.25, -0.2) is 9.75 Å². The standard InChI is InChI=1S/C12H14ClNO2.C10H5Cl2F3N4O2/c1-12(2)8-16-14(11(12)15)7-9-5-3-4-6-10(9)13;11-5-1-4(10(13,14)15)2-6(12)8(5)18-9(16)7(3-17-18)19(20)21/h3-6H,7-8H2,1-2H3;1-3H,16H2. The molecule has 0 radical (unpaired) electrons. The van der Waals surface area contributed by atoms with Crippen molar-refractivity contribution in [2.24, 2.45) is 5.41 Å². The molecule has 198 valence electrons. The van der Waals surface area contributed by atoms with Gasteiger partial charge in [0.25, 0.3) is 5.91 Å². The molecule has 37 heavy (non-hydrogen) atoms. The van der Waals surface area contributed by atoms with E-state index in [4.69, 9.17) is 45.4 Å². The van der Waals surface area contributed by atoms with Gasteiger partial charge in [-0.05, 0) is 37.6 Å². The molecule has 2 aromatic carbocycles. The summed E-state index contributed by atoms with van der Waals surface area (Å²) >= 11 is 17.6. The minimum absolute atomic E-state index is 0.00687. The third kappa shape index (κ3) is 6.27. The lowest BCUT2D eigenvalue weighted by Gasteiger charge is -2.16. The fourth-order valence-corrected chi connectivity index (χ4v) is 4.04. The molecule has 0 unspecified atom stereocenters. The molecule has 0 saturated carbocycles. The van der Waals surface area contributed by atoms with E-state index in [1.54, 1.807) is 0 Å². The van der Waals surface area contributed by atoms with Gasteiger partial charge in [-0.2, -0.15) is 18.3 Å². The average molecular weight is 581 g/mol. The number of carbonyl (C=O) groups excluding carboxylic acids is 1. The van der Waals surface area contributed by atoms with Crippen LogP contribution in [0.1, 0.15) is 25.0 Å². The summed E-state index contributed by atoms with van der Waals surface area (Å²) in [5.74, 6) is -0.393. The average Bonchev–Trinajstić information content (AvgIpc) is 3.29. The van der Waals surface area contributed by atoms with E-state index in [9.17, 15) is 28.1 Å². The second kappa shape index (κ2) is 10.7. The van der Waals surface area contributed by atoms with Crippen molar-refractivity contribution in [3.05, 3.63) is 78.9 Å². The number of rotatable bonds is 4. The zero-order valence-electron chi connectivity index (χ0n) is 19.2. The highest BCUT2D eigenvalue weighted by Gasteiger charge is 2.40. The van der Waals surface area contributed by atoms with Gasteiger partial charge < -0.3 is 5.73 Å². The molecule has 1 fully saturated rings. The molecule has 3 aromatic rings. The van der Waals surface area contributed by atoms with Crippen molar-refractivity contribution in [2.45, 2.75) is 26.6 Å². The Hall–Kier alpha value is -3.06. The Morgan fingerprint density at radius 1 is 1.16 bits per heavy atom.